The third kappa shape index (κ3) is 6.83. The fraction of sp³-hybridized carbons (Fsp3) is 0.214. The Morgan fingerprint density at radius 2 is 1.22 bits per heavy atom. The van der Waals surface area contributed by atoms with Crippen LogP contribution in [0.15, 0.2) is 140 Å². The Morgan fingerprint density at radius 1 is 0.694 bits per heavy atom. The Morgan fingerprint density at radius 3 is 1.76 bits per heavy atom. The van der Waals surface area contributed by atoms with E-state index in [0.717, 1.165) is 51.8 Å². The maximum Gasteiger partial charge on any atom is 0.316 e. The van der Waals surface area contributed by atoms with Gasteiger partial charge in [-0.25, -0.2) is 4.68 Å². The molecule has 0 aliphatic heterocycles. The number of hydrogen-bond donors (Lipinski definition) is 0. The van der Waals surface area contributed by atoms with E-state index in [1.165, 1.54) is 0 Å². The summed E-state index contributed by atoms with van der Waals surface area (Å²) < 4.78 is 7.22. The number of ketones is 1. The number of carbonyl (C=O) groups is 2. The molecule has 6 rings (SSSR count). The van der Waals surface area contributed by atoms with Gasteiger partial charge in [0.25, 0.3) is 0 Å². The van der Waals surface area contributed by atoms with Crippen LogP contribution in [0.5, 0.6) is 0 Å². The molecule has 0 saturated heterocycles. The largest absolute Gasteiger partial charge is 0.465 e. The maximum atomic E-state index is 13.0. The van der Waals surface area contributed by atoms with Crippen LogP contribution in [0.2, 0.25) is 0 Å². The van der Waals surface area contributed by atoms with Crippen molar-refractivity contribution < 1.29 is 14.3 Å². The highest BCUT2D eigenvalue weighted by Gasteiger charge is 2.42. The average Bonchev–Trinajstić information content (AvgIpc) is 3.65. The van der Waals surface area contributed by atoms with Crippen molar-refractivity contribution in [2.24, 2.45) is 5.92 Å². The summed E-state index contributed by atoms with van der Waals surface area (Å²) in [4.78, 5) is 25.8. The number of hydrogen-bond acceptors (Lipinski definition) is 6. The number of aromatic nitrogens is 4. The summed E-state index contributed by atoms with van der Waals surface area (Å²) in [6.07, 6.45) is 2.32. The third-order valence-electron chi connectivity index (χ3n) is 8.97. The first-order valence-electron chi connectivity index (χ1n) is 16.9. The molecular weight excluding hydrogens is 608 g/mol. The predicted molar refractivity (Wildman–Crippen MR) is 192 cm³/mol. The summed E-state index contributed by atoms with van der Waals surface area (Å²) >= 11 is 0. The first-order chi connectivity index (χ1) is 24.1. The highest BCUT2D eigenvalue weighted by molar-refractivity contribution is 5.99. The van der Waals surface area contributed by atoms with Gasteiger partial charge >= 0.3 is 5.97 Å². The molecular formula is C42H40N4O3. The maximum absolute atomic E-state index is 13.0. The second-order valence-corrected chi connectivity index (χ2v) is 12.0. The third-order valence-corrected chi connectivity index (χ3v) is 8.97. The van der Waals surface area contributed by atoms with Gasteiger partial charge in [0, 0.05) is 12.0 Å². The lowest BCUT2D eigenvalue weighted by Crippen LogP contribution is -2.39. The van der Waals surface area contributed by atoms with Gasteiger partial charge < -0.3 is 4.74 Å². The van der Waals surface area contributed by atoms with Crippen LogP contribution in [-0.2, 0) is 26.3 Å². The molecule has 0 fully saturated rings. The average molecular weight is 649 g/mol. The Bertz CT molecular complexity index is 1880. The van der Waals surface area contributed by atoms with Gasteiger partial charge in [-0.15, -0.1) is 5.10 Å². The van der Waals surface area contributed by atoms with Crippen LogP contribution in [0, 0.1) is 5.92 Å². The van der Waals surface area contributed by atoms with Crippen LogP contribution < -0.4 is 0 Å². The second kappa shape index (κ2) is 15.5. The van der Waals surface area contributed by atoms with Crippen LogP contribution >= 0.6 is 0 Å². The lowest BCUT2D eigenvalue weighted by Gasteiger charge is -2.36. The Hall–Kier alpha value is -5.69. The van der Waals surface area contributed by atoms with E-state index in [-0.39, 0.29) is 12.4 Å². The molecule has 1 heterocycles. The van der Waals surface area contributed by atoms with Crippen molar-refractivity contribution in [3.8, 4) is 22.5 Å². The Labute approximate surface area is 287 Å². The van der Waals surface area contributed by atoms with Gasteiger partial charge in [0.05, 0.1) is 6.61 Å². The standard InChI is InChI=1S/C42H40N4O3/c1-3-5-25-39(47)38(41(48)49-4-2)30-31-26-28-32(29-27-31)36-23-15-16-24-37(36)40-43-44-45-46(40)42(33-17-9-6-10-18-33,34-19-11-7-12-20-34)35-21-13-8-14-22-35/h6-24,26-29,38H,3-5,25,30H2,1-2H3. The number of esters is 1. The van der Waals surface area contributed by atoms with E-state index in [1.807, 2.05) is 109 Å². The summed E-state index contributed by atoms with van der Waals surface area (Å²) in [6, 6.07) is 47.1. The number of ether oxygens (including phenoxy) is 1. The van der Waals surface area contributed by atoms with E-state index in [0.29, 0.717) is 18.7 Å². The zero-order valence-electron chi connectivity index (χ0n) is 27.9. The molecule has 0 aliphatic rings. The minimum atomic E-state index is -0.883. The Kier molecular flexibility index (Phi) is 10.5. The number of unbranched alkanes of at least 4 members (excludes halogenated alkanes) is 1. The molecule has 7 heteroatoms. The van der Waals surface area contributed by atoms with E-state index in [1.54, 1.807) is 6.92 Å². The van der Waals surface area contributed by atoms with Crippen molar-refractivity contribution in [1.29, 1.82) is 0 Å². The molecule has 6 aromatic rings. The van der Waals surface area contributed by atoms with Crippen LogP contribution in [0.4, 0.5) is 0 Å². The molecule has 0 radical (unpaired) electrons. The summed E-state index contributed by atoms with van der Waals surface area (Å²) in [6.45, 7) is 4.04. The summed E-state index contributed by atoms with van der Waals surface area (Å²) in [5.41, 5.74) is 5.85. The number of tetrazole rings is 1. The minimum absolute atomic E-state index is 0.0692. The van der Waals surface area contributed by atoms with Gasteiger partial charge in [0.15, 0.2) is 5.82 Å². The molecule has 0 saturated carbocycles. The lowest BCUT2D eigenvalue weighted by atomic mass is 9.77. The van der Waals surface area contributed by atoms with Crippen LogP contribution in [0.25, 0.3) is 22.5 Å². The quantitative estimate of drug-likeness (QED) is 0.0671. The van der Waals surface area contributed by atoms with E-state index in [9.17, 15) is 9.59 Å². The van der Waals surface area contributed by atoms with Crippen molar-refractivity contribution >= 4 is 11.8 Å². The van der Waals surface area contributed by atoms with Gasteiger partial charge in [-0.2, -0.15) is 0 Å². The zero-order chi connectivity index (χ0) is 34.1. The summed E-state index contributed by atoms with van der Waals surface area (Å²) in [5.74, 6) is -0.722. The molecule has 49 heavy (non-hydrogen) atoms. The van der Waals surface area contributed by atoms with Crippen molar-refractivity contribution in [2.45, 2.75) is 45.1 Å². The molecule has 246 valence electrons. The monoisotopic (exact) mass is 648 g/mol. The molecule has 0 N–H and O–H groups in total. The van der Waals surface area contributed by atoms with Gasteiger partial charge in [-0.3, -0.25) is 9.59 Å². The number of Topliss-reactive ketones (excluding diaryl/α,β-unsaturated/α-hetero) is 1. The molecule has 0 aliphatic carbocycles. The molecule has 1 atom stereocenters. The molecule has 0 amide bonds. The van der Waals surface area contributed by atoms with Gasteiger partial charge in [0.2, 0.25) is 0 Å². The highest BCUT2D eigenvalue weighted by Crippen LogP contribution is 2.43. The van der Waals surface area contributed by atoms with Crippen molar-refractivity contribution in [1.82, 2.24) is 20.2 Å². The second-order valence-electron chi connectivity index (χ2n) is 12.0. The molecule has 7 nitrogen and oxygen atoms in total. The fourth-order valence-corrected chi connectivity index (χ4v) is 6.57. The zero-order valence-corrected chi connectivity index (χ0v) is 27.9. The predicted octanol–water partition coefficient (Wildman–Crippen LogP) is 8.33. The SMILES string of the molecule is CCCCC(=O)C(Cc1ccc(-c2ccccc2-c2nnnn2C(c2ccccc2)(c2ccccc2)c2ccccc2)cc1)C(=O)OCC. The number of carbonyl (C=O) groups excluding carboxylic acids is 2. The number of benzene rings is 5. The normalized spacial score (nSPS) is 12.0. The highest BCUT2D eigenvalue weighted by atomic mass is 16.5. The lowest BCUT2D eigenvalue weighted by molar-refractivity contribution is -0.151. The first-order valence-corrected chi connectivity index (χ1v) is 16.9. The minimum Gasteiger partial charge on any atom is -0.465 e. The molecule has 0 spiro atoms. The van der Waals surface area contributed by atoms with Crippen molar-refractivity contribution in [3.05, 3.63) is 162 Å². The number of rotatable bonds is 14. The van der Waals surface area contributed by atoms with Gasteiger partial charge in [-0.1, -0.05) is 153 Å². The first kappa shape index (κ1) is 33.2. The smallest absolute Gasteiger partial charge is 0.316 e. The van der Waals surface area contributed by atoms with E-state index < -0.39 is 17.4 Å². The number of nitrogens with zero attached hydrogens (tertiary/aromatic N) is 4. The fourth-order valence-electron chi connectivity index (χ4n) is 6.57. The van der Waals surface area contributed by atoms with Gasteiger partial charge in [-0.05, 0) is 63.6 Å². The molecule has 5 aromatic carbocycles. The molecule has 0 bridgehead atoms. The Balaban J connectivity index is 1.44. The van der Waals surface area contributed by atoms with E-state index in [2.05, 4.69) is 52.8 Å². The van der Waals surface area contributed by atoms with Crippen molar-refractivity contribution in [2.75, 3.05) is 6.61 Å². The van der Waals surface area contributed by atoms with Crippen LogP contribution in [0.3, 0.4) is 0 Å². The topological polar surface area (TPSA) is 87.0 Å². The van der Waals surface area contributed by atoms with Gasteiger partial charge in [0.1, 0.15) is 17.2 Å². The molecule has 1 unspecified atom stereocenters. The van der Waals surface area contributed by atoms with E-state index in [4.69, 9.17) is 9.95 Å². The molecule has 1 aromatic heterocycles. The van der Waals surface area contributed by atoms with Crippen molar-refractivity contribution in [3.63, 3.8) is 0 Å². The summed E-state index contributed by atoms with van der Waals surface area (Å²) in [7, 11) is 0. The van der Waals surface area contributed by atoms with Crippen LogP contribution in [0.1, 0.15) is 55.4 Å². The summed E-state index contributed by atoms with van der Waals surface area (Å²) in [5, 5.41) is 13.7. The van der Waals surface area contributed by atoms with Crippen LogP contribution in [-0.4, -0.2) is 38.6 Å². The van der Waals surface area contributed by atoms with E-state index >= 15 is 0 Å².